The topological polar surface area (TPSA) is 98.0 Å². The van der Waals surface area contributed by atoms with Crippen molar-refractivity contribution < 1.29 is 25.2 Å². The quantitative estimate of drug-likeness (QED) is 0.268. The second-order valence-electron chi connectivity index (χ2n) is 7.60. The van der Waals surface area contributed by atoms with E-state index in [0.717, 1.165) is 16.6 Å². The van der Waals surface area contributed by atoms with Gasteiger partial charge in [-0.1, -0.05) is 24.3 Å². The maximum Gasteiger partial charge on any atom is 0.158 e. The molecule has 0 saturated heterocycles. The molecule has 5 atom stereocenters. The van der Waals surface area contributed by atoms with Crippen LogP contribution in [0, 0.1) is 11.8 Å². The van der Waals surface area contributed by atoms with Gasteiger partial charge in [-0.15, -0.1) is 11.3 Å². The molecule has 1 aliphatic carbocycles. The summed E-state index contributed by atoms with van der Waals surface area (Å²) in [6, 6.07) is 4.05. The third-order valence-electron chi connectivity index (χ3n) is 5.36. The zero-order chi connectivity index (χ0) is 21.2. The molecular formula is C22H31BrO5S. The highest BCUT2D eigenvalue weighted by atomic mass is 79.9. The van der Waals surface area contributed by atoms with E-state index >= 15 is 0 Å². The number of hydrogen-bond donors (Lipinski definition) is 4. The zero-order valence-corrected chi connectivity index (χ0v) is 18.9. The van der Waals surface area contributed by atoms with Crippen LogP contribution in [-0.4, -0.2) is 51.1 Å². The van der Waals surface area contributed by atoms with Crippen LogP contribution in [0.1, 0.15) is 43.4 Å². The van der Waals surface area contributed by atoms with Gasteiger partial charge < -0.3 is 20.4 Å². The first kappa shape index (κ1) is 24.4. The van der Waals surface area contributed by atoms with Gasteiger partial charge in [0.2, 0.25) is 0 Å². The Morgan fingerprint density at radius 3 is 2.76 bits per heavy atom. The molecule has 1 aromatic rings. The number of hydrogen-bond acceptors (Lipinski definition) is 6. The summed E-state index contributed by atoms with van der Waals surface area (Å²) in [5, 5.41) is 39.6. The molecule has 1 aromatic heterocycles. The Labute approximate surface area is 184 Å². The van der Waals surface area contributed by atoms with Crippen molar-refractivity contribution in [3.05, 3.63) is 45.1 Å². The van der Waals surface area contributed by atoms with Crippen LogP contribution in [0.3, 0.4) is 0 Å². The lowest BCUT2D eigenvalue weighted by molar-refractivity contribution is -0.121. The lowest BCUT2D eigenvalue weighted by atomic mass is 9.89. The Morgan fingerprint density at radius 2 is 2.07 bits per heavy atom. The number of thiophene rings is 1. The monoisotopic (exact) mass is 486 g/mol. The van der Waals surface area contributed by atoms with E-state index in [-0.39, 0.29) is 17.6 Å². The molecule has 2 rings (SSSR count). The lowest BCUT2D eigenvalue weighted by Gasteiger charge is -2.19. The number of halogens is 1. The molecule has 0 aliphatic heterocycles. The number of Topliss-reactive ketones (excluding diaryl/α,β-unsaturated/α-hetero) is 1. The number of rotatable bonds is 12. The van der Waals surface area contributed by atoms with Crippen LogP contribution in [-0.2, 0) is 11.2 Å². The second kappa shape index (κ2) is 12.8. The van der Waals surface area contributed by atoms with E-state index in [4.69, 9.17) is 5.11 Å². The maximum absolute atomic E-state index is 11.1. The fourth-order valence-electron chi connectivity index (χ4n) is 3.70. The molecule has 0 amide bonds. The van der Waals surface area contributed by atoms with Crippen LogP contribution in [0.15, 0.2) is 40.2 Å². The average molecular weight is 487 g/mol. The standard InChI is InChI=1S/C22H31BrO5S/c23-22-12-10-17(29-22)9-7-15(25)8-11-19-18(20(27)13-21(19)28)6-4-2-1-3-5-16(26)14-24/h2,4,8,10-12,15,18-21,24-25,27-28H,1,3,5-7,9,13-14H2/b4-2+,11-8+. The third-order valence-corrected chi connectivity index (χ3v) is 7.05. The van der Waals surface area contributed by atoms with Gasteiger partial charge in [0, 0.05) is 23.6 Å². The number of carbonyl (C=O) groups excluding carboxylic acids is 1. The van der Waals surface area contributed by atoms with Crippen molar-refractivity contribution in [1.29, 1.82) is 0 Å². The van der Waals surface area contributed by atoms with E-state index in [1.165, 1.54) is 4.88 Å². The molecule has 1 heterocycles. The fourth-order valence-corrected chi connectivity index (χ4v) is 5.20. The lowest BCUT2D eigenvalue weighted by Crippen LogP contribution is -2.20. The largest absolute Gasteiger partial charge is 0.393 e. The van der Waals surface area contributed by atoms with Crippen molar-refractivity contribution in [2.24, 2.45) is 11.8 Å². The Balaban J connectivity index is 1.80. The Hall–Kier alpha value is -0.830. The van der Waals surface area contributed by atoms with Gasteiger partial charge in [0.15, 0.2) is 5.78 Å². The van der Waals surface area contributed by atoms with Gasteiger partial charge in [-0.25, -0.2) is 0 Å². The number of allylic oxidation sites excluding steroid dienone is 2. The van der Waals surface area contributed by atoms with Crippen LogP contribution >= 0.6 is 27.3 Å². The van der Waals surface area contributed by atoms with Crippen molar-refractivity contribution in [2.75, 3.05) is 6.61 Å². The minimum Gasteiger partial charge on any atom is -0.393 e. The summed E-state index contributed by atoms with van der Waals surface area (Å²) in [6.45, 7) is -0.402. The summed E-state index contributed by atoms with van der Waals surface area (Å²) >= 11 is 5.10. The molecule has 29 heavy (non-hydrogen) atoms. The Bertz CT molecular complexity index is 686. The minimum atomic E-state index is -0.609. The first-order valence-corrected chi connectivity index (χ1v) is 11.8. The fraction of sp³-hybridized carbons (Fsp3) is 0.591. The summed E-state index contributed by atoms with van der Waals surface area (Å²) in [5.74, 6) is -0.420. The number of ketones is 1. The van der Waals surface area contributed by atoms with Gasteiger partial charge in [-0.3, -0.25) is 4.79 Å². The highest BCUT2D eigenvalue weighted by Gasteiger charge is 2.39. The highest BCUT2D eigenvalue weighted by molar-refractivity contribution is 9.11. The summed E-state index contributed by atoms with van der Waals surface area (Å²) in [5.41, 5.74) is 0. The molecule has 1 aliphatic rings. The summed E-state index contributed by atoms with van der Waals surface area (Å²) < 4.78 is 1.08. The second-order valence-corrected chi connectivity index (χ2v) is 10.2. The molecule has 162 valence electrons. The van der Waals surface area contributed by atoms with E-state index in [1.54, 1.807) is 17.4 Å². The number of aryl methyl sites for hydroxylation is 1. The van der Waals surface area contributed by atoms with E-state index in [0.29, 0.717) is 32.1 Å². The number of aliphatic hydroxyl groups is 4. The number of carbonyl (C=O) groups is 1. The Morgan fingerprint density at radius 1 is 1.28 bits per heavy atom. The van der Waals surface area contributed by atoms with E-state index < -0.39 is 24.9 Å². The molecule has 0 spiro atoms. The van der Waals surface area contributed by atoms with Crippen LogP contribution in [0.2, 0.25) is 0 Å². The molecule has 4 N–H and O–H groups in total. The average Bonchev–Trinajstić information content (AvgIpc) is 3.23. The van der Waals surface area contributed by atoms with Crippen LogP contribution in [0.5, 0.6) is 0 Å². The zero-order valence-electron chi connectivity index (χ0n) is 16.5. The van der Waals surface area contributed by atoms with Crippen molar-refractivity contribution in [1.82, 2.24) is 0 Å². The number of unbranched alkanes of at least 4 members (excludes halogenated alkanes) is 1. The molecule has 0 radical (unpaired) electrons. The van der Waals surface area contributed by atoms with Gasteiger partial charge in [0.05, 0.1) is 22.1 Å². The van der Waals surface area contributed by atoms with Crippen molar-refractivity contribution >= 4 is 33.0 Å². The first-order chi connectivity index (χ1) is 13.9. The van der Waals surface area contributed by atoms with Gasteiger partial charge in [-0.2, -0.15) is 0 Å². The Kier molecular flexibility index (Phi) is 10.8. The minimum absolute atomic E-state index is 0.0861. The molecule has 1 fully saturated rings. The van der Waals surface area contributed by atoms with E-state index in [9.17, 15) is 20.1 Å². The van der Waals surface area contributed by atoms with Gasteiger partial charge in [0.25, 0.3) is 0 Å². The van der Waals surface area contributed by atoms with Crippen LogP contribution in [0.4, 0.5) is 0 Å². The molecule has 5 unspecified atom stereocenters. The predicted molar refractivity (Wildman–Crippen MR) is 119 cm³/mol. The van der Waals surface area contributed by atoms with Crippen molar-refractivity contribution in [3.8, 4) is 0 Å². The molecular weight excluding hydrogens is 456 g/mol. The molecule has 0 aromatic carbocycles. The third kappa shape index (κ3) is 8.44. The summed E-state index contributed by atoms with van der Waals surface area (Å²) in [6.07, 6.45) is 10.0. The summed E-state index contributed by atoms with van der Waals surface area (Å²) in [4.78, 5) is 12.3. The smallest absolute Gasteiger partial charge is 0.158 e. The highest BCUT2D eigenvalue weighted by Crippen LogP contribution is 2.36. The SMILES string of the molecule is O=C(CO)CCC/C=C/CC1C(O)CC(O)C1/C=C/C(O)CCc1ccc(Br)s1. The molecule has 0 bridgehead atoms. The van der Waals surface area contributed by atoms with Gasteiger partial charge in [0.1, 0.15) is 6.61 Å². The molecule has 5 nitrogen and oxygen atoms in total. The van der Waals surface area contributed by atoms with Crippen LogP contribution in [0.25, 0.3) is 0 Å². The molecule has 7 heteroatoms. The predicted octanol–water partition coefficient (Wildman–Crippen LogP) is 3.40. The van der Waals surface area contributed by atoms with Gasteiger partial charge >= 0.3 is 0 Å². The maximum atomic E-state index is 11.1. The van der Waals surface area contributed by atoms with Crippen LogP contribution < -0.4 is 0 Å². The molecule has 1 saturated carbocycles. The van der Waals surface area contributed by atoms with E-state index in [1.807, 2.05) is 30.4 Å². The number of aliphatic hydroxyl groups excluding tert-OH is 4. The normalized spacial score (nSPS) is 26.0. The first-order valence-electron chi connectivity index (χ1n) is 10.1. The van der Waals surface area contributed by atoms with Crippen molar-refractivity contribution in [3.63, 3.8) is 0 Å². The van der Waals surface area contributed by atoms with Gasteiger partial charge in [-0.05, 0) is 66.1 Å². The van der Waals surface area contributed by atoms with E-state index in [2.05, 4.69) is 15.9 Å². The van der Waals surface area contributed by atoms with Crippen molar-refractivity contribution in [2.45, 2.75) is 63.3 Å². The summed E-state index contributed by atoms with van der Waals surface area (Å²) in [7, 11) is 0.